The summed E-state index contributed by atoms with van der Waals surface area (Å²) in [4.78, 5) is 24.1. The molecule has 0 aromatic heterocycles. The van der Waals surface area contributed by atoms with E-state index in [1.54, 1.807) is 0 Å². The van der Waals surface area contributed by atoms with Crippen molar-refractivity contribution in [3.05, 3.63) is 0 Å². The SMILES string of the molecule is CCCCCCCCC(=O)O[C@H](COP=O)COC(=O)CCCCCCCCCCCCCN. The third-order valence-electron chi connectivity index (χ3n) is 5.86. The zero-order valence-electron chi connectivity index (χ0n) is 21.6. The molecule has 200 valence electrons. The van der Waals surface area contributed by atoms with Crippen LogP contribution in [0.1, 0.15) is 129 Å². The van der Waals surface area contributed by atoms with Crippen molar-refractivity contribution < 1.29 is 28.2 Å². The van der Waals surface area contributed by atoms with E-state index in [2.05, 4.69) is 6.92 Å². The van der Waals surface area contributed by atoms with E-state index >= 15 is 0 Å². The minimum Gasteiger partial charge on any atom is -0.462 e. The molecule has 34 heavy (non-hydrogen) atoms. The second kappa shape index (κ2) is 26.6. The zero-order chi connectivity index (χ0) is 25.1. The standard InChI is InChI=1S/C26H50NO6P/c1-2-3-4-5-13-17-20-26(29)33-24(23-32-34-30)22-31-25(28)19-16-14-11-9-7-6-8-10-12-15-18-21-27/h24H,2-23,27H2,1H3/t24-/m0/s1. The number of ether oxygens (including phenoxy) is 2. The molecule has 0 heterocycles. The van der Waals surface area contributed by atoms with Gasteiger partial charge in [-0.1, -0.05) is 96.8 Å². The Morgan fingerprint density at radius 3 is 1.65 bits per heavy atom. The number of hydrogen-bond donors (Lipinski definition) is 1. The van der Waals surface area contributed by atoms with Crippen LogP contribution >= 0.6 is 8.69 Å². The molecule has 7 nitrogen and oxygen atoms in total. The molecule has 0 spiro atoms. The maximum atomic E-state index is 12.0. The Hall–Kier alpha value is -1.04. The van der Waals surface area contributed by atoms with Crippen LogP contribution in [-0.4, -0.2) is 37.8 Å². The van der Waals surface area contributed by atoms with Gasteiger partial charge in [0.25, 0.3) is 0 Å². The van der Waals surface area contributed by atoms with E-state index in [-0.39, 0.29) is 25.2 Å². The average molecular weight is 504 g/mol. The van der Waals surface area contributed by atoms with E-state index in [1.807, 2.05) is 0 Å². The summed E-state index contributed by atoms with van der Waals surface area (Å²) < 4.78 is 26.0. The molecule has 0 aromatic rings. The largest absolute Gasteiger partial charge is 0.462 e. The molecule has 0 bridgehead atoms. The number of carbonyl (C=O) groups is 2. The van der Waals surface area contributed by atoms with Gasteiger partial charge in [-0.05, 0) is 25.8 Å². The molecule has 0 amide bonds. The summed E-state index contributed by atoms with van der Waals surface area (Å²) >= 11 is 0. The fourth-order valence-electron chi connectivity index (χ4n) is 3.79. The average Bonchev–Trinajstić information content (AvgIpc) is 2.83. The van der Waals surface area contributed by atoms with E-state index in [9.17, 15) is 14.2 Å². The summed E-state index contributed by atoms with van der Waals surface area (Å²) in [6.07, 6.45) is 19.5. The van der Waals surface area contributed by atoms with Gasteiger partial charge in [0.1, 0.15) is 13.2 Å². The molecular formula is C26H50NO6P. The number of rotatable bonds is 26. The number of hydrogen-bond acceptors (Lipinski definition) is 7. The summed E-state index contributed by atoms with van der Waals surface area (Å²) in [5, 5.41) is 0. The summed E-state index contributed by atoms with van der Waals surface area (Å²) in [5.41, 5.74) is 5.50. The van der Waals surface area contributed by atoms with Crippen LogP contribution in [0.3, 0.4) is 0 Å². The Balaban J connectivity index is 3.79. The summed E-state index contributed by atoms with van der Waals surface area (Å²) in [7, 11) is -0.488. The van der Waals surface area contributed by atoms with E-state index in [0.29, 0.717) is 12.8 Å². The highest BCUT2D eigenvalue weighted by molar-refractivity contribution is 7.17. The lowest BCUT2D eigenvalue weighted by molar-refractivity contribution is -0.160. The lowest BCUT2D eigenvalue weighted by Gasteiger charge is -2.16. The molecule has 0 aromatic carbocycles. The highest BCUT2D eigenvalue weighted by Gasteiger charge is 2.17. The van der Waals surface area contributed by atoms with Gasteiger partial charge in [0.2, 0.25) is 0 Å². The number of nitrogens with two attached hydrogens (primary N) is 1. The first-order chi connectivity index (χ1) is 16.6. The van der Waals surface area contributed by atoms with Crippen LogP contribution in [0, 0.1) is 0 Å². The number of esters is 2. The Morgan fingerprint density at radius 1 is 0.676 bits per heavy atom. The molecule has 8 heteroatoms. The van der Waals surface area contributed by atoms with Crippen molar-refractivity contribution in [3.8, 4) is 0 Å². The minimum absolute atomic E-state index is 0.0619. The van der Waals surface area contributed by atoms with Gasteiger partial charge in [0.05, 0.1) is 0 Å². The molecular weight excluding hydrogens is 453 g/mol. The van der Waals surface area contributed by atoms with E-state index < -0.39 is 14.8 Å². The first-order valence-electron chi connectivity index (χ1n) is 13.6. The van der Waals surface area contributed by atoms with Gasteiger partial charge in [0.15, 0.2) is 6.10 Å². The molecule has 0 unspecified atom stereocenters. The molecule has 0 radical (unpaired) electrons. The van der Waals surface area contributed by atoms with Crippen molar-refractivity contribution in [1.82, 2.24) is 0 Å². The molecule has 0 aliphatic heterocycles. The Morgan fingerprint density at radius 2 is 1.15 bits per heavy atom. The first kappa shape index (κ1) is 33.0. The minimum atomic E-state index is -0.728. The molecule has 0 saturated carbocycles. The predicted molar refractivity (Wildman–Crippen MR) is 137 cm³/mol. The molecule has 0 aliphatic rings. The summed E-state index contributed by atoms with van der Waals surface area (Å²) in [5.74, 6) is -0.632. The highest BCUT2D eigenvalue weighted by atomic mass is 31.1. The van der Waals surface area contributed by atoms with Crippen LogP contribution in [0.4, 0.5) is 0 Å². The lowest BCUT2D eigenvalue weighted by Crippen LogP contribution is -2.28. The van der Waals surface area contributed by atoms with Gasteiger partial charge in [-0.3, -0.25) is 14.1 Å². The highest BCUT2D eigenvalue weighted by Crippen LogP contribution is 2.13. The predicted octanol–water partition coefficient (Wildman–Crippen LogP) is 7.06. The van der Waals surface area contributed by atoms with Crippen LogP contribution in [0.2, 0.25) is 0 Å². The van der Waals surface area contributed by atoms with Gasteiger partial charge in [0, 0.05) is 12.8 Å². The zero-order valence-corrected chi connectivity index (χ0v) is 22.5. The van der Waals surface area contributed by atoms with Crippen LogP contribution in [-0.2, 0) is 28.2 Å². The number of carbonyl (C=O) groups excluding carboxylic acids is 2. The van der Waals surface area contributed by atoms with Crippen LogP contribution < -0.4 is 5.73 Å². The molecule has 0 aliphatic carbocycles. The maximum absolute atomic E-state index is 12.0. The molecule has 1 atom stereocenters. The van der Waals surface area contributed by atoms with Gasteiger partial charge in [-0.25, -0.2) is 4.57 Å². The topological polar surface area (TPSA) is 105 Å². The van der Waals surface area contributed by atoms with Crippen molar-refractivity contribution in [2.24, 2.45) is 5.73 Å². The van der Waals surface area contributed by atoms with Crippen molar-refractivity contribution in [2.75, 3.05) is 19.8 Å². The fraction of sp³-hybridized carbons (Fsp3) is 0.923. The second-order valence-electron chi connectivity index (χ2n) is 9.11. The third-order valence-corrected chi connectivity index (χ3v) is 6.12. The van der Waals surface area contributed by atoms with E-state index in [4.69, 9.17) is 19.7 Å². The fourth-order valence-corrected chi connectivity index (χ4v) is 4.01. The maximum Gasteiger partial charge on any atom is 0.327 e. The van der Waals surface area contributed by atoms with Crippen molar-refractivity contribution in [3.63, 3.8) is 0 Å². The van der Waals surface area contributed by atoms with E-state index in [1.165, 1.54) is 64.2 Å². The third kappa shape index (κ3) is 24.1. The Labute approximate surface area is 209 Å². The normalized spacial score (nSPS) is 12.1. The van der Waals surface area contributed by atoms with Crippen LogP contribution in [0.25, 0.3) is 0 Å². The van der Waals surface area contributed by atoms with Gasteiger partial charge in [-0.15, -0.1) is 0 Å². The van der Waals surface area contributed by atoms with Crippen molar-refractivity contribution >= 4 is 20.6 Å². The molecule has 0 fully saturated rings. The second-order valence-corrected chi connectivity index (χ2v) is 9.52. The van der Waals surface area contributed by atoms with E-state index in [0.717, 1.165) is 51.5 Å². The van der Waals surface area contributed by atoms with Crippen molar-refractivity contribution in [2.45, 2.75) is 135 Å². The van der Waals surface area contributed by atoms with Crippen molar-refractivity contribution in [1.29, 1.82) is 0 Å². The smallest absolute Gasteiger partial charge is 0.327 e. The summed E-state index contributed by atoms with van der Waals surface area (Å²) in [6.45, 7) is 2.84. The molecule has 0 saturated heterocycles. The summed E-state index contributed by atoms with van der Waals surface area (Å²) in [6, 6.07) is 0. The molecule has 2 N–H and O–H groups in total. The van der Waals surface area contributed by atoms with Gasteiger partial charge in [-0.2, -0.15) is 0 Å². The van der Waals surface area contributed by atoms with Crippen LogP contribution in [0.15, 0.2) is 0 Å². The number of unbranched alkanes of at least 4 members (excludes halogenated alkanes) is 15. The Kier molecular flexibility index (Phi) is 25.8. The monoisotopic (exact) mass is 503 g/mol. The first-order valence-corrected chi connectivity index (χ1v) is 14.4. The van der Waals surface area contributed by atoms with Crippen LogP contribution in [0.5, 0.6) is 0 Å². The van der Waals surface area contributed by atoms with Gasteiger partial charge >= 0.3 is 20.6 Å². The lowest BCUT2D eigenvalue weighted by atomic mass is 10.1. The molecule has 0 rings (SSSR count). The quantitative estimate of drug-likeness (QED) is 0.0765. The van der Waals surface area contributed by atoms with Gasteiger partial charge < -0.3 is 15.2 Å². The Bertz CT molecular complexity index is 492.